The standard InChI is InChI=1S/C25H27N5O2S/c31-23-25(10-15-28(16-11-25)19-22-27-13-17-33-22)30(14-9-20-6-2-1-3-7-20)24(32)29(23)18-21-8-4-5-12-26-21/h1-8,12-13,17H,9-11,14-16,18-19H2. The molecule has 5 rings (SSSR count). The number of benzene rings is 1. The summed E-state index contributed by atoms with van der Waals surface area (Å²) in [5.41, 5.74) is 1.11. The number of pyridine rings is 1. The first kappa shape index (κ1) is 21.7. The number of likely N-dealkylation sites (tertiary alicyclic amines) is 1. The Morgan fingerprint density at radius 1 is 0.909 bits per heavy atom. The van der Waals surface area contributed by atoms with Crippen LogP contribution >= 0.6 is 11.3 Å². The monoisotopic (exact) mass is 461 g/mol. The van der Waals surface area contributed by atoms with E-state index in [4.69, 9.17) is 0 Å². The van der Waals surface area contributed by atoms with Crippen molar-refractivity contribution < 1.29 is 9.59 Å². The largest absolute Gasteiger partial charge is 0.328 e. The first-order chi connectivity index (χ1) is 16.2. The molecule has 170 valence electrons. The van der Waals surface area contributed by atoms with Crippen LogP contribution in [0.15, 0.2) is 66.3 Å². The van der Waals surface area contributed by atoms with Gasteiger partial charge in [0.1, 0.15) is 10.5 Å². The summed E-state index contributed by atoms with van der Waals surface area (Å²) in [5, 5.41) is 3.07. The van der Waals surface area contributed by atoms with E-state index in [2.05, 4.69) is 27.0 Å². The Bertz CT molecular complexity index is 1080. The molecule has 2 saturated heterocycles. The van der Waals surface area contributed by atoms with E-state index in [0.717, 1.165) is 42.3 Å². The van der Waals surface area contributed by atoms with Crippen LogP contribution in [0.4, 0.5) is 4.79 Å². The number of aromatic nitrogens is 2. The number of nitrogens with zero attached hydrogens (tertiary/aromatic N) is 5. The highest BCUT2D eigenvalue weighted by Crippen LogP contribution is 2.38. The third-order valence-electron chi connectivity index (χ3n) is 6.66. The van der Waals surface area contributed by atoms with Crippen molar-refractivity contribution in [2.75, 3.05) is 19.6 Å². The Hall–Kier alpha value is -3.10. The van der Waals surface area contributed by atoms with Gasteiger partial charge in [-0.15, -0.1) is 11.3 Å². The number of hydrogen-bond acceptors (Lipinski definition) is 6. The van der Waals surface area contributed by atoms with Crippen LogP contribution in [0.5, 0.6) is 0 Å². The van der Waals surface area contributed by atoms with E-state index in [1.165, 1.54) is 4.90 Å². The summed E-state index contributed by atoms with van der Waals surface area (Å²) in [6.45, 7) is 3.05. The molecule has 1 aromatic carbocycles. The second-order valence-corrected chi connectivity index (χ2v) is 9.59. The molecule has 1 spiro atoms. The van der Waals surface area contributed by atoms with Gasteiger partial charge in [-0.05, 0) is 37.0 Å². The molecule has 3 aromatic rings. The van der Waals surface area contributed by atoms with Crippen molar-refractivity contribution in [1.82, 2.24) is 24.7 Å². The summed E-state index contributed by atoms with van der Waals surface area (Å²) in [6.07, 6.45) is 5.51. The molecule has 2 fully saturated rings. The van der Waals surface area contributed by atoms with Crippen molar-refractivity contribution in [1.29, 1.82) is 0 Å². The summed E-state index contributed by atoms with van der Waals surface area (Å²) in [7, 11) is 0. The van der Waals surface area contributed by atoms with E-state index >= 15 is 0 Å². The maximum Gasteiger partial charge on any atom is 0.328 e. The highest BCUT2D eigenvalue weighted by Gasteiger charge is 2.57. The molecule has 0 saturated carbocycles. The van der Waals surface area contributed by atoms with E-state index in [1.807, 2.05) is 52.9 Å². The minimum Gasteiger partial charge on any atom is -0.309 e. The molecule has 3 amide bonds. The van der Waals surface area contributed by atoms with Crippen LogP contribution in [0.2, 0.25) is 0 Å². The highest BCUT2D eigenvalue weighted by atomic mass is 32.1. The van der Waals surface area contributed by atoms with Gasteiger partial charge in [0.05, 0.1) is 18.8 Å². The molecule has 0 radical (unpaired) electrons. The van der Waals surface area contributed by atoms with Gasteiger partial charge >= 0.3 is 6.03 Å². The molecule has 7 nitrogen and oxygen atoms in total. The quantitative estimate of drug-likeness (QED) is 0.503. The van der Waals surface area contributed by atoms with Gasteiger partial charge in [0.15, 0.2) is 0 Å². The lowest BCUT2D eigenvalue weighted by Crippen LogP contribution is -2.56. The zero-order chi connectivity index (χ0) is 22.7. The molecule has 33 heavy (non-hydrogen) atoms. The summed E-state index contributed by atoms with van der Waals surface area (Å²) < 4.78 is 0. The van der Waals surface area contributed by atoms with Gasteiger partial charge in [-0.3, -0.25) is 19.6 Å². The summed E-state index contributed by atoms with van der Waals surface area (Å²) >= 11 is 1.65. The second-order valence-electron chi connectivity index (χ2n) is 8.62. The van der Waals surface area contributed by atoms with E-state index < -0.39 is 5.54 Å². The van der Waals surface area contributed by atoms with Crippen LogP contribution in [0.3, 0.4) is 0 Å². The number of thiazole rings is 1. The minimum absolute atomic E-state index is 0.0832. The zero-order valence-electron chi connectivity index (χ0n) is 18.5. The lowest BCUT2D eigenvalue weighted by molar-refractivity contribution is -0.136. The van der Waals surface area contributed by atoms with Crippen molar-refractivity contribution in [2.45, 2.75) is 37.9 Å². The summed E-state index contributed by atoms with van der Waals surface area (Å²) in [6, 6.07) is 15.5. The van der Waals surface area contributed by atoms with Gasteiger partial charge in [0.2, 0.25) is 0 Å². The van der Waals surface area contributed by atoms with Crippen LogP contribution in [0.1, 0.15) is 29.1 Å². The van der Waals surface area contributed by atoms with Crippen molar-refractivity contribution in [3.05, 3.63) is 82.6 Å². The SMILES string of the molecule is O=C1N(Cc2ccccn2)C(=O)C2(CCN(Cc3nccs3)CC2)N1CCc1ccccc1. The maximum atomic E-state index is 13.7. The van der Waals surface area contributed by atoms with Crippen LogP contribution in [-0.2, 0) is 24.3 Å². The van der Waals surface area contributed by atoms with E-state index in [-0.39, 0.29) is 18.5 Å². The molecule has 0 atom stereocenters. The Kier molecular flexibility index (Phi) is 6.20. The molecular formula is C25H27N5O2S. The lowest BCUT2D eigenvalue weighted by atomic mass is 9.85. The fraction of sp³-hybridized carbons (Fsp3) is 0.360. The average Bonchev–Trinajstić information content (AvgIpc) is 3.43. The Morgan fingerprint density at radius 3 is 2.39 bits per heavy atom. The number of carbonyl (C=O) groups is 2. The van der Waals surface area contributed by atoms with Gasteiger partial charge in [0.25, 0.3) is 5.91 Å². The van der Waals surface area contributed by atoms with Crippen LogP contribution in [0, 0.1) is 0 Å². The molecule has 4 heterocycles. The molecule has 8 heteroatoms. The fourth-order valence-corrected chi connectivity index (χ4v) is 5.52. The van der Waals surface area contributed by atoms with Crippen LogP contribution in [-0.4, -0.2) is 61.8 Å². The molecular weight excluding hydrogens is 434 g/mol. The van der Waals surface area contributed by atoms with Gasteiger partial charge in [-0.2, -0.15) is 0 Å². The first-order valence-corrected chi connectivity index (χ1v) is 12.2. The number of imide groups is 1. The number of carbonyl (C=O) groups excluding carboxylic acids is 2. The fourth-order valence-electron chi connectivity index (χ4n) is 4.86. The van der Waals surface area contributed by atoms with Gasteiger partial charge in [0, 0.05) is 37.4 Å². The van der Waals surface area contributed by atoms with Crippen LogP contribution in [0.25, 0.3) is 0 Å². The Morgan fingerprint density at radius 2 is 1.70 bits per heavy atom. The normalized spacial score (nSPS) is 18.4. The number of piperidine rings is 1. The first-order valence-electron chi connectivity index (χ1n) is 11.3. The van der Waals surface area contributed by atoms with Gasteiger partial charge in [-0.1, -0.05) is 36.4 Å². The smallest absolute Gasteiger partial charge is 0.309 e. The molecule has 0 unspecified atom stereocenters. The van der Waals surface area contributed by atoms with Crippen molar-refractivity contribution >= 4 is 23.3 Å². The minimum atomic E-state index is -0.778. The van der Waals surface area contributed by atoms with E-state index in [0.29, 0.717) is 19.4 Å². The number of urea groups is 1. The Balaban J connectivity index is 1.36. The molecule has 0 bridgehead atoms. The van der Waals surface area contributed by atoms with Crippen molar-refractivity contribution in [2.24, 2.45) is 0 Å². The third kappa shape index (κ3) is 4.41. The predicted octanol–water partition coefficient (Wildman–Crippen LogP) is 3.58. The van der Waals surface area contributed by atoms with Crippen molar-refractivity contribution in [3.63, 3.8) is 0 Å². The molecule has 0 aliphatic carbocycles. The number of hydrogen-bond donors (Lipinski definition) is 0. The molecule has 0 N–H and O–H groups in total. The lowest BCUT2D eigenvalue weighted by Gasteiger charge is -2.42. The average molecular weight is 462 g/mol. The van der Waals surface area contributed by atoms with Crippen molar-refractivity contribution in [3.8, 4) is 0 Å². The Labute approximate surface area is 197 Å². The van der Waals surface area contributed by atoms with E-state index in [9.17, 15) is 9.59 Å². The van der Waals surface area contributed by atoms with Gasteiger partial charge < -0.3 is 4.90 Å². The zero-order valence-corrected chi connectivity index (χ0v) is 19.3. The molecule has 2 aliphatic heterocycles. The summed E-state index contributed by atoms with van der Waals surface area (Å²) in [4.78, 5) is 41.6. The molecule has 2 aromatic heterocycles. The summed E-state index contributed by atoms with van der Waals surface area (Å²) in [5.74, 6) is -0.0832. The predicted molar refractivity (Wildman–Crippen MR) is 126 cm³/mol. The number of rotatable bonds is 7. The van der Waals surface area contributed by atoms with Gasteiger partial charge in [-0.25, -0.2) is 9.78 Å². The highest BCUT2D eigenvalue weighted by molar-refractivity contribution is 7.09. The topological polar surface area (TPSA) is 69.6 Å². The van der Waals surface area contributed by atoms with E-state index in [1.54, 1.807) is 17.5 Å². The second kappa shape index (κ2) is 9.41. The number of amides is 3. The maximum absolute atomic E-state index is 13.7. The third-order valence-corrected chi connectivity index (χ3v) is 7.42. The molecule has 2 aliphatic rings. The van der Waals surface area contributed by atoms with Crippen LogP contribution < -0.4 is 0 Å².